The number of nitrogens with one attached hydrogen (secondary N) is 1. The Morgan fingerprint density at radius 2 is 1.95 bits per heavy atom. The highest BCUT2D eigenvalue weighted by Gasteiger charge is 2.41. The molecule has 1 aliphatic rings. The van der Waals surface area contributed by atoms with Crippen molar-refractivity contribution >= 4 is 28.3 Å². The zero-order valence-electron chi connectivity index (χ0n) is 11.7. The highest BCUT2D eigenvalue weighted by molar-refractivity contribution is 7.17. The van der Waals surface area contributed by atoms with Crippen molar-refractivity contribution in [3.8, 4) is 0 Å². The minimum absolute atomic E-state index is 0.0471. The monoisotopic (exact) mass is 335 g/mol. The molecule has 0 bridgehead atoms. The Hall–Kier alpha value is -1.64. The second-order valence-corrected chi connectivity index (χ2v) is 6.44. The summed E-state index contributed by atoms with van der Waals surface area (Å²) in [5.74, 6) is -2.22. The molecule has 0 atom stereocenters. The van der Waals surface area contributed by atoms with Gasteiger partial charge in [0.25, 0.3) is 5.91 Å². The number of amides is 2. The van der Waals surface area contributed by atoms with Crippen LogP contribution >= 0.6 is 11.3 Å². The van der Waals surface area contributed by atoms with Gasteiger partial charge in [-0.2, -0.15) is 13.2 Å². The van der Waals surface area contributed by atoms with Crippen LogP contribution in [0.5, 0.6) is 0 Å². The molecule has 1 fully saturated rings. The molecule has 2 amide bonds. The Balaban J connectivity index is 1.79. The van der Waals surface area contributed by atoms with Gasteiger partial charge in [0.2, 0.25) is 5.91 Å². The first-order chi connectivity index (χ1) is 10.3. The Labute approximate surface area is 129 Å². The van der Waals surface area contributed by atoms with E-state index in [4.69, 9.17) is 5.73 Å². The number of carbonyl (C=O) groups is 2. The van der Waals surface area contributed by atoms with Gasteiger partial charge in [-0.1, -0.05) is 11.3 Å². The highest BCUT2D eigenvalue weighted by Crippen LogP contribution is 2.40. The molecule has 0 aromatic carbocycles. The van der Waals surface area contributed by atoms with Crippen LogP contribution in [-0.2, 0) is 4.79 Å². The number of halogens is 3. The predicted octanol–water partition coefficient (Wildman–Crippen LogP) is 2.94. The van der Waals surface area contributed by atoms with Crippen LogP contribution in [0.15, 0.2) is 6.20 Å². The van der Waals surface area contributed by atoms with Crippen LogP contribution in [0, 0.1) is 11.8 Å². The first-order valence-corrected chi connectivity index (χ1v) is 7.69. The number of anilines is 1. The normalized spacial score (nSPS) is 22.3. The standard InChI is InChI=1S/C13H16F3N3O2S/c14-13(15,16)8-3-1-7(2-4-8)5-10(20)19-12-18-6-9(22-12)11(17)21/h6-8H,1-5H2,(H2,17,21)(H,18,19,20). The molecule has 2 rings (SSSR count). The average Bonchev–Trinajstić information content (AvgIpc) is 2.86. The van der Waals surface area contributed by atoms with Crippen molar-refractivity contribution < 1.29 is 22.8 Å². The molecule has 0 aliphatic heterocycles. The fraction of sp³-hybridized carbons (Fsp3) is 0.615. The third-order valence-corrected chi connectivity index (χ3v) is 4.71. The fourth-order valence-corrected chi connectivity index (χ4v) is 3.26. The van der Waals surface area contributed by atoms with Crippen LogP contribution in [0.2, 0.25) is 0 Å². The van der Waals surface area contributed by atoms with Crippen molar-refractivity contribution in [1.29, 1.82) is 0 Å². The Morgan fingerprint density at radius 3 is 2.45 bits per heavy atom. The molecule has 9 heteroatoms. The number of nitrogens with zero attached hydrogens (tertiary/aromatic N) is 1. The molecular weight excluding hydrogens is 319 g/mol. The summed E-state index contributed by atoms with van der Waals surface area (Å²) < 4.78 is 37.7. The van der Waals surface area contributed by atoms with Crippen molar-refractivity contribution in [3.63, 3.8) is 0 Å². The van der Waals surface area contributed by atoms with E-state index in [0.29, 0.717) is 12.8 Å². The largest absolute Gasteiger partial charge is 0.391 e. The van der Waals surface area contributed by atoms with Gasteiger partial charge in [0.15, 0.2) is 5.13 Å². The summed E-state index contributed by atoms with van der Waals surface area (Å²) in [6, 6.07) is 0. The van der Waals surface area contributed by atoms with Gasteiger partial charge in [0, 0.05) is 6.42 Å². The molecule has 0 spiro atoms. The molecule has 122 valence electrons. The number of primary amides is 1. The number of hydrogen-bond acceptors (Lipinski definition) is 4. The second-order valence-electron chi connectivity index (χ2n) is 5.41. The summed E-state index contributed by atoms with van der Waals surface area (Å²) in [4.78, 5) is 26.9. The molecule has 1 aromatic heterocycles. The third-order valence-electron chi connectivity index (χ3n) is 3.78. The molecular formula is C13H16F3N3O2S. The number of alkyl halides is 3. The van der Waals surface area contributed by atoms with E-state index < -0.39 is 18.0 Å². The van der Waals surface area contributed by atoms with E-state index in [2.05, 4.69) is 10.3 Å². The highest BCUT2D eigenvalue weighted by atomic mass is 32.1. The molecule has 0 radical (unpaired) electrons. The maximum atomic E-state index is 12.6. The van der Waals surface area contributed by atoms with Gasteiger partial charge in [-0.15, -0.1) is 0 Å². The predicted molar refractivity (Wildman–Crippen MR) is 75.4 cm³/mol. The lowest BCUT2D eigenvalue weighted by atomic mass is 9.80. The van der Waals surface area contributed by atoms with E-state index in [-0.39, 0.29) is 41.1 Å². The van der Waals surface area contributed by atoms with Crippen molar-refractivity contribution in [2.24, 2.45) is 17.6 Å². The molecule has 0 unspecified atom stereocenters. The number of nitrogens with two attached hydrogens (primary N) is 1. The molecule has 3 N–H and O–H groups in total. The summed E-state index contributed by atoms with van der Waals surface area (Å²) in [5, 5.41) is 2.81. The van der Waals surface area contributed by atoms with E-state index in [1.54, 1.807) is 0 Å². The summed E-state index contributed by atoms with van der Waals surface area (Å²) in [6.45, 7) is 0. The van der Waals surface area contributed by atoms with Gasteiger partial charge in [0.1, 0.15) is 4.88 Å². The van der Waals surface area contributed by atoms with Crippen LogP contribution < -0.4 is 11.1 Å². The molecule has 1 aliphatic carbocycles. The summed E-state index contributed by atoms with van der Waals surface area (Å²) in [6.07, 6.45) is -1.77. The van der Waals surface area contributed by atoms with Gasteiger partial charge in [-0.3, -0.25) is 9.59 Å². The Kier molecular flexibility index (Phi) is 5.05. The minimum atomic E-state index is -4.14. The zero-order chi connectivity index (χ0) is 16.3. The topological polar surface area (TPSA) is 85.1 Å². The number of hydrogen-bond donors (Lipinski definition) is 2. The van der Waals surface area contributed by atoms with Gasteiger partial charge in [0.05, 0.1) is 12.1 Å². The molecule has 22 heavy (non-hydrogen) atoms. The van der Waals surface area contributed by atoms with E-state index in [1.165, 1.54) is 6.20 Å². The van der Waals surface area contributed by atoms with Crippen LogP contribution in [0.3, 0.4) is 0 Å². The second kappa shape index (κ2) is 6.64. The van der Waals surface area contributed by atoms with E-state index in [9.17, 15) is 22.8 Å². The average molecular weight is 335 g/mol. The molecule has 1 aromatic rings. The van der Waals surface area contributed by atoms with Gasteiger partial charge in [-0.25, -0.2) is 4.98 Å². The van der Waals surface area contributed by atoms with Crippen molar-refractivity contribution in [2.45, 2.75) is 38.3 Å². The van der Waals surface area contributed by atoms with Crippen LogP contribution in [0.1, 0.15) is 41.8 Å². The Morgan fingerprint density at radius 1 is 1.32 bits per heavy atom. The smallest absolute Gasteiger partial charge is 0.365 e. The maximum absolute atomic E-state index is 12.6. The van der Waals surface area contributed by atoms with E-state index >= 15 is 0 Å². The molecule has 5 nitrogen and oxygen atoms in total. The van der Waals surface area contributed by atoms with Gasteiger partial charge >= 0.3 is 6.18 Å². The SMILES string of the molecule is NC(=O)c1cnc(NC(=O)CC2CCC(C(F)(F)F)CC2)s1. The summed E-state index contributed by atoms with van der Waals surface area (Å²) >= 11 is 0.969. The maximum Gasteiger partial charge on any atom is 0.391 e. The summed E-state index contributed by atoms with van der Waals surface area (Å²) in [5.41, 5.74) is 5.08. The number of aromatic nitrogens is 1. The van der Waals surface area contributed by atoms with E-state index in [1.807, 2.05) is 0 Å². The fourth-order valence-electron chi connectivity index (χ4n) is 2.57. The van der Waals surface area contributed by atoms with Crippen molar-refractivity contribution in [1.82, 2.24) is 4.98 Å². The van der Waals surface area contributed by atoms with Gasteiger partial charge in [-0.05, 0) is 31.6 Å². The number of carbonyl (C=O) groups excluding carboxylic acids is 2. The lowest BCUT2D eigenvalue weighted by Crippen LogP contribution is -2.29. The van der Waals surface area contributed by atoms with Crippen molar-refractivity contribution in [2.75, 3.05) is 5.32 Å². The third kappa shape index (κ3) is 4.43. The first kappa shape index (κ1) is 16.7. The molecule has 1 saturated carbocycles. The number of rotatable bonds is 4. The van der Waals surface area contributed by atoms with E-state index in [0.717, 1.165) is 11.3 Å². The van der Waals surface area contributed by atoms with Crippen LogP contribution in [-0.4, -0.2) is 23.0 Å². The Bertz CT molecular complexity index is 551. The lowest BCUT2D eigenvalue weighted by Gasteiger charge is -2.29. The first-order valence-electron chi connectivity index (χ1n) is 6.88. The van der Waals surface area contributed by atoms with Crippen LogP contribution in [0.4, 0.5) is 18.3 Å². The molecule has 0 saturated heterocycles. The zero-order valence-corrected chi connectivity index (χ0v) is 12.5. The number of thiazole rings is 1. The lowest BCUT2D eigenvalue weighted by molar-refractivity contribution is -0.183. The van der Waals surface area contributed by atoms with Crippen molar-refractivity contribution in [3.05, 3.63) is 11.1 Å². The minimum Gasteiger partial charge on any atom is -0.365 e. The van der Waals surface area contributed by atoms with Gasteiger partial charge < -0.3 is 11.1 Å². The molecule has 1 heterocycles. The van der Waals surface area contributed by atoms with Crippen LogP contribution in [0.25, 0.3) is 0 Å². The summed E-state index contributed by atoms with van der Waals surface area (Å²) in [7, 11) is 0. The quantitative estimate of drug-likeness (QED) is 0.887.